The molecule has 0 bridgehead atoms. The lowest BCUT2D eigenvalue weighted by atomic mass is 9.98. The molecule has 0 fully saturated rings. The Bertz CT molecular complexity index is 952. The molecule has 3 N–H and O–H groups in total. The van der Waals surface area contributed by atoms with Crippen LogP contribution < -0.4 is 10.6 Å². The third kappa shape index (κ3) is 4.96. The van der Waals surface area contributed by atoms with Crippen LogP contribution in [0.4, 0.5) is 0 Å². The number of benzene rings is 2. The lowest BCUT2D eigenvalue weighted by Gasteiger charge is -2.14. The summed E-state index contributed by atoms with van der Waals surface area (Å²) in [5, 5.41) is 18.5. The van der Waals surface area contributed by atoms with Gasteiger partial charge in [-0.1, -0.05) is 47.6 Å². The van der Waals surface area contributed by atoms with Crippen molar-refractivity contribution in [3.63, 3.8) is 0 Å². The van der Waals surface area contributed by atoms with Crippen molar-refractivity contribution in [2.75, 3.05) is 13.2 Å². The number of carbonyl (C=O) groups is 2. The number of nitrogens with zero attached hydrogens (tertiary/aromatic N) is 1. The standard InChI is InChI=1S/C22H23N3O4/c1-15-20(21(25-29-15)17-6-3-2-4-7-17)16-8-10-18(11-9-16)22(28)24-19(14-27)23-12-5-13-26/h2-4,6-11,14,19,23,26H,5,12-13H2,1H3,(H,24,28). The number of rotatable bonds is 9. The van der Waals surface area contributed by atoms with Gasteiger partial charge in [0.2, 0.25) is 0 Å². The van der Waals surface area contributed by atoms with Crippen molar-refractivity contribution in [1.82, 2.24) is 15.8 Å². The van der Waals surface area contributed by atoms with Crippen LogP contribution in [0.2, 0.25) is 0 Å². The number of aliphatic hydroxyl groups is 1. The van der Waals surface area contributed by atoms with Gasteiger partial charge in [-0.2, -0.15) is 0 Å². The lowest BCUT2D eigenvalue weighted by molar-refractivity contribution is -0.110. The molecule has 0 aliphatic carbocycles. The Labute approximate surface area is 168 Å². The van der Waals surface area contributed by atoms with E-state index in [-0.39, 0.29) is 12.5 Å². The van der Waals surface area contributed by atoms with Crippen molar-refractivity contribution in [1.29, 1.82) is 0 Å². The van der Waals surface area contributed by atoms with Gasteiger partial charge in [0.1, 0.15) is 17.6 Å². The Morgan fingerprint density at radius 1 is 1.14 bits per heavy atom. The van der Waals surface area contributed by atoms with E-state index >= 15 is 0 Å². The summed E-state index contributed by atoms with van der Waals surface area (Å²) in [7, 11) is 0. The first-order chi connectivity index (χ1) is 14.1. The van der Waals surface area contributed by atoms with E-state index in [9.17, 15) is 9.59 Å². The van der Waals surface area contributed by atoms with Gasteiger partial charge in [-0.3, -0.25) is 14.9 Å². The summed E-state index contributed by atoms with van der Waals surface area (Å²) in [6.45, 7) is 2.29. The molecule has 150 valence electrons. The third-order valence-corrected chi connectivity index (χ3v) is 4.47. The first-order valence-corrected chi connectivity index (χ1v) is 9.36. The molecule has 3 aromatic rings. The smallest absolute Gasteiger partial charge is 0.252 e. The lowest BCUT2D eigenvalue weighted by Crippen LogP contribution is -2.47. The molecule has 0 spiro atoms. The highest BCUT2D eigenvalue weighted by Gasteiger charge is 2.17. The number of aldehydes is 1. The van der Waals surface area contributed by atoms with E-state index in [4.69, 9.17) is 9.63 Å². The number of aryl methyl sites for hydroxylation is 1. The molecule has 1 aromatic heterocycles. The van der Waals surface area contributed by atoms with Crippen LogP contribution in [0, 0.1) is 6.92 Å². The van der Waals surface area contributed by atoms with Gasteiger partial charge in [-0.05, 0) is 37.6 Å². The predicted octanol–water partition coefficient (Wildman–Crippen LogP) is 2.54. The van der Waals surface area contributed by atoms with Gasteiger partial charge in [-0.25, -0.2) is 0 Å². The minimum absolute atomic E-state index is 0.0151. The van der Waals surface area contributed by atoms with E-state index in [1.807, 2.05) is 49.4 Å². The molecule has 1 unspecified atom stereocenters. The van der Waals surface area contributed by atoms with Gasteiger partial charge in [0.05, 0.1) is 5.56 Å². The Kier molecular flexibility index (Phi) is 6.89. The van der Waals surface area contributed by atoms with Crippen LogP contribution in [-0.4, -0.2) is 41.8 Å². The van der Waals surface area contributed by atoms with E-state index in [2.05, 4.69) is 15.8 Å². The maximum Gasteiger partial charge on any atom is 0.252 e. The quantitative estimate of drug-likeness (QED) is 0.293. The molecule has 0 aliphatic heterocycles. The zero-order chi connectivity index (χ0) is 20.6. The van der Waals surface area contributed by atoms with Crippen LogP contribution in [0.25, 0.3) is 22.4 Å². The van der Waals surface area contributed by atoms with Gasteiger partial charge in [0.25, 0.3) is 5.91 Å². The van der Waals surface area contributed by atoms with E-state index < -0.39 is 6.17 Å². The zero-order valence-corrected chi connectivity index (χ0v) is 16.1. The number of amides is 1. The topological polar surface area (TPSA) is 104 Å². The number of hydrogen-bond acceptors (Lipinski definition) is 6. The molecular weight excluding hydrogens is 370 g/mol. The molecule has 1 heterocycles. The summed E-state index contributed by atoms with van der Waals surface area (Å²) < 4.78 is 5.40. The average molecular weight is 393 g/mol. The number of nitrogens with one attached hydrogen (secondary N) is 2. The fourth-order valence-electron chi connectivity index (χ4n) is 2.99. The van der Waals surface area contributed by atoms with Gasteiger partial charge in [0, 0.05) is 17.7 Å². The van der Waals surface area contributed by atoms with E-state index in [0.717, 1.165) is 22.4 Å². The number of hydrogen-bond donors (Lipinski definition) is 3. The average Bonchev–Trinajstić information content (AvgIpc) is 3.15. The molecule has 0 radical (unpaired) electrons. The molecule has 2 aromatic carbocycles. The van der Waals surface area contributed by atoms with E-state index in [0.29, 0.717) is 30.6 Å². The highest BCUT2D eigenvalue weighted by Crippen LogP contribution is 2.34. The second-order valence-electron chi connectivity index (χ2n) is 6.52. The van der Waals surface area contributed by atoms with Gasteiger partial charge in [-0.15, -0.1) is 0 Å². The molecule has 3 rings (SSSR count). The highest BCUT2D eigenvalue weighted by atomic mass is 16.5. The van der Waals surface area contributed by atoms with Crippen molar-refractivity contribution in [3.8, 4) is 22.4 Å². The normalized spacial score (nSPS) is 11.8. The molecule has 0 saturated carbocycles. The van der Waals surface area contributed by atoms with Gasteiger partial charge < -0.3 is 14.9 Å². The fourth-order valence-corrected chi connectivity index (χ4v) is 2.99. The SMILES string of the molecule is Cc1onc(-c2ccccc2)c1-c1ccc(C(=O)NC(C=O)NCCCO)cc1. The number of aromatic nitrogens is 1. The van der Waals surface area contributed by atoms with Gasteiger partial charge in [0.15, 0.2) is 6.29 Å². The molecule has 0 aliphatic rings. The first kappa shape index (κ1) is 20.4. The molecule has 7 heteroatoms. The van der Waals surface area contributed by atoms with Crippen molar-refractivity contribution in [2.45, 2.75) is 19.5 Å². The minimum Gasteiger partial charge on any atom is -0.396 e. The highest BCUT2D eigenvalue weighted by molar-refractivity contribution is 5.96. The summed E-state index contributed by atoms with van der Waals surface area (Å²) in [5.74, 6) is 0.325. The summed E-state index contributed by atoms with van der Waals surface area (Å²) >= 11 is 0. The monoisotopic (exact) mass is 393 g/mol. The second-order valence-corrected chi connectivity index (χ2v) is 6.52. The van der Waals surface area contributed by atoms with E-state index in [1.165, 1.54) is 0 Å². The Morgan fingerprint density at radius 3 is 2.52 bits per heavy atom. The zero-order valence-electron chi connectivity index (χ0n) is 16.1. The molecule has 29 heavy (non-hydrogen) atoms. The van der Waals surface area contributed by atoms with Crippen LogP contribution in [0.15, 0.2) is 59.1 Å². The van der Waals surface area contributed by atoms with E-state index in [1.54, 1.807) is 12.1 Å². The maximum absolute atomic E-state index is 12.4. The van der Waals surface area contributed by atoms with Crippen molar-refractivity contribution < 1.29 is 19.2 Å². The van der Waals surface area contributed by atoms with Crippen LogP contribution in [0.5, 0.6) is 0 Å². The van der Waals surface area contributed by atoms with Crippen LogP contribution in [0.3, 0.4) is 0 Å². The summed E-state index contributed by atoms with van der Waals surface area (Å²) in [4.78, 5) is 23.5. The second kappa shape index (κ2) is 9.77. The first-order valence-electron chi connectivity index (χ1n) is 9.36. The predicted molar refractivity (Wildman–Crippen MR) is 109 cm³/mol. The number of aliphatic hydroxyl groups excluding tert-OH is 1. The van der Waals surface area contributed by atoms with Crippen LogP contribution in [-0.2, 0) is 4.79 Å². The molecular formula is C22H23N3O4. The largest absolute Gasteiger partial charge is 0.396 e. The molecule has 1 atom stereocenters. The Morgan fingerprint density at radius 2 is 1.86 bits per heavy atom. The van der Waals surface area contributed by atoms with Crippen molar-refractivity contribution in [2.24, 2.45) is 0 Å². The van der Waals surface area contributed by atoms with Gasteiger partial charge >= 0.3 is 0 Å². The Balaban J connectivity index is 1.77. The minimum atomic E-state index is -0.807. The van der Waals surface area contributed by atoms with Crippen molar-refractivity contribution in [3.05, 3.63) is 65.9 Å². The summed E-state index contributed by atoms with van der Waals surface area (Å²) in [6, 6.07) is 16.8. The fraction of sp³-hybridized carbons (Fsp3) is 0.227. The van der Waals surface area contributed by atoms with Crippen molar-refractivity contribution >= 4 is 12.2 Å². The maximum atomic E-state index is 12.4. The molecule has 1 amide bonds. The van der Waals surface area contributed by atoms with Crippen LogP contribution >= 0.6 is 0 Å². The number of carbonyl (C=O) groups excluding carboxylic acids is 2. The Hall–Kier alpha value is -3.29. The summed E-state index contributed by atoms with van der Waals surface area (Å²) in [6.07, 6.45) is 0.311. The third-order valence-electron chi connectivity index (χ3n) is 4.47. The molecule has 0 saturated heterocycles. The van der Waals surface area contributed by atoms with Crippen LogP contribution in [0.1, 0.15) is 22.5 Å². The summed E-state index contributed by atoms with van der Waals surface area (Å²) in [5.41, 5.74) is 3.88. The molecule has 7 nitrogen and oxygen atoms in total.